The predicted octanol–water partition coefficient (Wildman–Crippen LogP) is 3.98. The topological polar surface area (TPSA) is 20.2 Å². The number of hydrogen-bond acceptors (Lipinski definition) is 1. The fourth-order valence-corrected chi connectivity index (χ4v) is 2.01. The van der Waals surface area contributed by atoms with Gasteiger partial charge >= 0.3 is 0 Å². The molecule has 2 rings (SSSR count). The fourth-order valence-electron chi connectivity index (χ4n) is 2.01. The maximum absolute atomic E-state index is 9.78. The highest BCUT2D eigenvalue weighted by molar-refractivity contribution is 5.72. The quantitative estimate of drug-likeness (QED) is 0.758. The minimum absolute atomic E-state index is 0.365. The van der Waals surface area contributed by atoms with E-state index in [-0.39, 0.29) is 0 Å². The van der Waals surface area contributed by atoms with E-state index < -0.39 is 0 Å². The van der Waals surface area contributed by atoms with Crippen LogP contribution in [0.2, 0.25) is 0 Å². The lowest BCUT2D eigenvalue weighted by Gasteiger charge is -2.11. The van der Waals surface area contributed by atoms with E-state index in [1.54, 1.807) is 0 Å². The molecule has 0 saturated heterocycles. The van der Waals surface area contributed by atoms with Crippen LogP contribution in [0, 0.1) is 20.8 Å². The molecular formula is C15H16O. The van der Waals surface area contributed by atoms with Gasteiger partial charge in [-0.05, 0) is 54.7 Å². The summed E-state index contributed by atoms with van der Waals surface area (Å²) in [6.45, 7) is 6.09. The number of benzene rings is 2. The van der Waals surface area contributed by atoms with Gasteiger partial charge in [-0.3, -0.25) is 0 Å². The van der Waals surface area contributed by atoms with Crippen molar-refractivity contribution in [2.45, 2.75) is 20.8 Å². The zero-order valence-corrected chi connectivity index (χ0v) is 9.91. The Morgan fingerprint density at radius 1 is 0.750 bits per heavy atom. The number of aryl methyl sites for hydroxylation is 3. The maximum Gasteiger partial charge on any atom is 0.119 e. The molecule has 0 bridgehead atoms. The van der Waals surface area contributed by atoms with Gasteiger partial charge < -0.3 is 5.11 Å². The molecule has 1 heteroatoms. The van der Waals surface area contributed by atoms with E-state index in [0.29, 0.717) is 5.75 Å². The average Bonchev–Trinajstić information content (AvgIpc) is 2.25. The summed E-state index contributed by atoms with van der Waals surface area (Å²) in [6, 6.07) is 12.1. The molecule has 2 aromatic carbocycles. The van der Waals surface area contributed by atoms with E-state index >= 15 is 0 Å². The molecule has 0 saturated carbocycles. The first-order chi connectivity index (χ1) is 7.59. The van der Waals surface area contributed by atoms with Crippen LogP contribution in [0.5, 0.6) is 5.75 Å². The fraction of sp³-hybridized carbons (Fsp3) is 0.200. The molecular weight excluding hydrogens is 196 g/mol. The number of phenolic OH excluding ortho intramolecular Hbond substituents is 1. The molecule has 0 radical (unpaired) electrons. The van der Waals surface area contributed by atoms with E-state index in [4.69, 9.17) is 0 Å². The van der Waals surface area contributed by atoms with Crippen LogP contribution in [0.3, 0.4) is 0 Å². The van der Waals surface area contributed by atoms with Gasteiger partial charge in [0, 0.05) is 0 Å². The second-order valence-corrected chi connectivity index (χ2v) is 4.27. The summed E-state index contributed by atoms with van der Waals surface area (Å²) in [6.07, 6.45) is 0. The van der Waals surface area contributed by atoms with Crippen molar-refractivity contribution in [3.8, 4) is 16.9 Å². The van der Waals surface area contributed by atoms with Crippen molar-refractivity contribution in [3.63, 3.8) is 0 Å². The Morgan fingerprint density at radius 2 is 1.44 bits per heavy atom. The average molecular weight is 212 g/mol. The Hall–Kier alpha value is -1.76. The lowest BCUT2D eigenvalue weighted by molar-refractivity contribution is 0.471. The van der Waals surface area contributed by atoms with Crippen LogP contribution < -0.4 is 0 Å². The molecule has 0 unspecified atom stereocenters. The monoisotopic (exact) mass is 212 g/mol. The zero-order valence-electron chi connectivity index (χ0n) is 9.91. The highest BCUT2D eigenvalue weighted by atomic mass is 16.3. The first kappa shape index (κ1) is 10.7. The molecule has 0 aliphatic heterocycles. The summed E-state index contributed by atoms with van der Waals surface area (Å²) in [5.41, 5.74) is 5.66. The van der Waals surface area contributed by atoms with Crippen LogP contribution in [-0.4, -0.2) is 5.11 Å². The minimum Gasteiger partial charge on any atom is -0.508 e. The molecule has 0 aliphatic rings. The second kappa shape index (κ2) is 4.01. The molecule has 0 spiro atoms. The normalized spacial score (nSPS) is 10.4. The molecule has 0 atom stereocenters. The molecule has 0 aliphatic carbocycles. The van der Waals surface area contributed by atoms with Crippen molar-refractivity contribution in [1.29, 1.82) is 0 Å². The summed E-state index contributed by atoms with van der Waals surface area (Å²) < 4.78 is 0. The molecule has 0 fully saturated rings. The Morgan fingerprint density at radius 3 is 2.12 bits per heavy atom. The number of aromatic hydroxyl groups is 1. The summed E-state index contributed by atoms with van der Waals surface area (Å²) >= 11 is 0. The van der Waals surface area contributed by atoms with Gasteiger partial charge in [0.05, 0.1) is 0 Å². The van der Waals surface area contributed by atoms with Gasteiger partial charge in [0.2, 0.25) is 0 Å². The van der Waals surface area contributed by atoms with Crippen molar-refractivity contribution < 1.29 is 5.11 Å². The van der Waals surface area contributed by atoms with Gasteiger partial charge in [-0.15, -0.1) is 0 Å². The minimum atomic E-state index is 0.365. The Bertz CT molecular complexity index is 527. The van der Waals surface area contributed by atoms with Gasteiger partial charge in [0.1, 0.15) is 5.75 Å². The largest absolute Gasteiger partial charge is 0.508 e. The molecule has 1 nitrogen and oxygen atoms in total. The van der Waals surface area contributed by atoms with Crippen LogP contribution in [-0.2, 0) is 0 Å². The van der Waals surface area contributed by atoms with Crippen molar-refractivity contribution in [1.82, 2.24) is 0 Å². The van der Waals surface area contributed by atoms with Crippen molar-refractivity contribution >= 4 is 0 Å². The Balaban J connectivity index is 2.65. The van der Waals surface area contributed by atoms with Gasteiger partial charge in [-0.1, -0.05) is 30.3 Å². The summed E-state index contributed by atoms with van der Waals surface area (Å²) in [4.78, 5) is 0. The molecule has 82 valence electrons. The van der Waals surface area contributed by atoms with Gasteiger partial charge in [0.15, 0.2) is 0 Å². The van der Waals surface area contributed by atoms with Crippen molar-refractivity contribution in [3.05, 3.63) is 53.1 Å². The maximum atomic E-state index is 9.78. The highest BCUT2D eigenvalue weighted by Gasteiger charge is 2.07. The van der Waals surface area contributed by atoms with Gasteiger partial charge in [-0.25, -0.2) is 0 Å². The van der Waals surface area contributed by atoms with E-state index in [1.165, 1.54) is 16.7 Å². The summed E-state index contributed by atoms with van der Waals surface area (Å²) in [7, 11) is 0. The van der Waals surface area contributed by atoms with Crippen LogP contribution >= 0.6 is 0 Å². The lowest BCUT2D eigenvalue weighted by atomic mass is 9.95. The summed E-state index contributed by atoms with van der Waals surface area (Å²) in [5.74, 6) is 0.365. The van der Waals surface area contributed by atoms with E-state index in [2.05, 4.69) is 26.0 Å². The summed E-state index contributed by atoms with van der Waals surface area (Å²) in [5, 5.41) is 9.78. The molecule has 0 heterocycles. The molecule has 0 amide bonds. The molecule has 2 aromatic rings. The van der Waals surface area contributed by atoms with E-state index in [1.807, 2.05) is 31.2 Å². The van der Waals surface area contributed by atoms with E-state index in [9.17, 15) is 5.11 Å². The first-order valence-corrected chi connectivity index (χ1v) is 5.46. The standard InChI is InChI=1S/C15H16O/c1-10-6-4-5-7-13(10)14-9-15(16)12(3)8-11(14)2/h4-9,16H,1-3H3. The van der Waals surface area contributed by atoms with Crippen molar-refractivity contribution in [2.75, 3.05) is 0 Å². The SMILES string of the molecule is Cc1cc(C)c(-c2ccccc2C)cc1O. The smallest absolute Gasteiger partial charge is 0.119 e. The third-order valence-electron chi connectivity index (χ3n) is 2.98. The highest BCUT2D eigenvalue weighted by Crippen LogP contribution is 2.31. The molecule has 1 N–H and O–H groups in total. The van der Waals surface area contributed by atoms with Gasteiger partial charge in [-0.2, -0.15) is 0 Å². The first-order valence-electron chi connectivity index (χ1n) is 5.46. The second-order valence-electron chi connectivity index (χ2n) is 4.27. The van der Waals surface area contributed by atoms with E-state index in [0.717, 1.165) is 11.1 Å². The van der Waals surface area contributed by atoms with Crippen LogP contribution in [0.4, 0.5) is 0 Å². The Kier molecular flexibility index (Phi) is 2.69. The number of hydrogen-bond donors (Lipinski definition) is 1. The molecule has 0 aromatic heterocycles. The van der Waals surface area contributed by atoms with Crippen LogP contribution in [0.1, 0.15) is 16.7 Å². The van der Waals surface area contributed by atoms with Gasteiger partial charge in [0.25, 0.3) is 0 Å². The molecule has 16 heavy (non-hydrogen) atoms. The van der Waals surface area contributed by atoms with Crippen LogP contribution in [0.15, 0.2) is 36.4 Å². The number of phenols is 1. The predicted molar refractivity (Wildman–Crippen MR) is 67.8 cm³/mol. The Labute approximate surface area is 96.4 Å². The van der Waals surface area contributed by atoms with Crippen LogP contribution in [0.25, 0.3) is 11.1 Å². The van der Waals surface area contributed by atoms with Crippen molar-refractivity contribution in [2.24, 2.45) is 0 Å². The number of rotatable bonds is 1. The zero-order chi connectivity index (χ0) is 11.7. The lowest BCUT2D eigenvalue weighted by Crippen LogP contribution is -1.88. The third-order valence-corrected chi connectivity index (χ3v) is 2.98. The third kappa shape index (κ3) is 1.81.